The zero-order valence-electron chi connectivity index (χ0n) is 6.68. The van der Waals surface area contributed by atoms with Crippen LogP contribution in [0.25, 0.3) is 0 Å². The van der Waals surface area contributed by atoms with E-state index >= 15 is 0 Å². The highest BCUT2D eigenvalue weighted by Gasteiger charge is 2.09. The number of aldehydes is 1. The molecule has 60 valence electrons. The van der Waals surface area contributed by atoms with Gasteiger partial charge in [-0.2, -0.15) is 0 Å². The number of rotatable bonds is 2. The van der Waals surface area contributed by atoms with E-state index in [1.54, 1.807) is 0 Å². The smallest absolute Gasteiger partial charge is 0.153 e. The van der Waals surface area contributed by atoms with Crippen LogP contribution in [-0.4, -0.2) is 6.29 Å². The number of carbonyl (C=O) groups excluding carboxylic acids is 1. The van der Waals surface area contributed by atoms with Crippen LogP contribution in [-0.2, 0) is 6.42 Å². The van der Waals surface area contributed by atoms with Crippen LogP contribution < -0.4 is 5.73 Å². The summed E-state index contributed by atoms with van der Waals surface area (Å²) in [5, 5.41) is 0.648. The van der Waals surface area contributed by atoms with Gasteiger partial charge in [0, 0.05) is 4.88 Å². The number of carbonyl (C=O) groups is 1. The summed E-state index contributed by atoms with van der Waals surface area (Å²) in [5.41, 5.74) is 7.33. The van der Waals surface area contributed by atoms with Crippen LogP contribution in [0.1, 0.15) is 27.7 Å². The number of nitrogen functional groups attached to an aromatic ring is 1. The van der Waals surface area contributed by atoms with Gasteiger partial charge in [0.2, 0.25) is 0 Å². The maximum Gasteiger partial charge on any atom is 0.153 e. The molecule has 0 fully saturated rings. The molecule has 0 spiro atoms. The van der Waals surface area contributed by atoms with Crippen LogP contribution in [0.5, 0.6) is 0 Å². The molecule has 0 bridgehead atoms. The van der Waals surface area contributed by atoms with Gasteiger partial charge in [-0.05, 0) is 18.9 Å². The maximum atomic E-state index is 10.5. The van der Waals surface area contributed by atoms with Crippen LogP contribution in [0.2, 0.25) is 0 Å². The lowest BCUT2D eigenvalue weighted by molar-refractivity contribution is 0.112. The first-order valence-electron chi connectivity index (χ1n) is 3.53. The monoisotopic (exact) mass is 169 g/mol. The number of nitrogens with two attached hydrogens (primary N) is 1. The minimum atomic E-state index is 0.648. The Morgan fingerprint density at radius 3 is 2.55 bits per heavy atom. The van der Waals surface area contributed by atoms with Crippen LogP contribution in [0.3, 0.4) is 0 Å². The summed E-state index contributed by atoms with van der Waals surface area (Å²) in [4.78, 5) is 11.7. The molecule has 1 aromatic rings. The molecule has 0 aliphatic heterocycles. The summed E-state index contributed by atoms with van der Waals surface area (Å²) in [6.45, 7) is 4.00. The molecule has 2 N–H and O–H groups in total. The van der Waals surface area contributed by atoms with Gasteiger partial charge in [0.05, 0.1) is 10.6 Å². The predicted octanol–water partition coefficient (Wildman–Crippen LogP) is 2.01. The van der Waals surface area contributed by atoms with Crippen LogP contribution >= 0.6 is 11.3 Å². The maximum absolute atomic E-state index is 10.5. The van der Waals surface area contributed by atoms with E-state index in [9.17, 15) is 4.79 Å². The van der Waals surface area contributed by atoms with E-state index in [0.29, 0.717) is 10.6 Å². The highest BCUT2D eigenvalue weighted by atomic mass is 32.1. The molecule has 2 nitrogen and oxygen atoms in total. The Labute approximate surface area is 70.0 Å². The molecule has 0 unspecified atom stereocenters. The van der Waals surface area contributed by atoms with Crippen molar-refractivity contribution in [1.82, 2.24) is 0 Å². The molecule has 0 amide bonds. The molecule has 0 aromatic carbocycles. The van der Waals surface area contributed by atoms with Gasteiger partial charge < -0.3 is 5.73 Å². The summed E-state index contributed by atoms with van der Waals surface area (Å²) in [5.74, 6) is 0. The molecular formula is C8H11NOS. The van der Waals surface area contributed by atoms with Crippen molar-refractivity contribution in [3.8, 4) is 0 Å². The molecule has 1 aromatic heterocycles. The third-order valence-electron chi connectivity index (χ3n) is 1.76. The number of hydrogen-bond acceptors (Lipinski definition) is 3. The third kappa shape index (κ3) is 1.28. The molecule has 0 aliphatic rings. The van der Waals surface area contributed by atoms with Crippen molar-refractivity contribution in [2.45, 2.75) is 20.3 Å². The van der Waals surface area contributed by atoms with Crippen LogP contribution in [0, 0.1) is 6.92 Å². The second-order valence-corrected chi connectivity index (χ2v) is 3.54. The first kappa shape index (κ1) is 8.27. The number of hydrogen-bond donors (Lipinski definition) is 1. The normalized spacial score (nSPS) is 10.0. The summed E-state index contributed by atoms with van der Waals surface area (Å²) in [7, 11) is 0. The highest BCUT2D eigenvalue weighted by Crippen LogP contribution is 2.28. The van der Waals surface area contributed by atoms with Gasteiger partial charge in [-0.25, -0.2) is 0 Å². The Balaban J connectivity index is 3.24. The van der Waals surface area contributed by atoms with E-state index in [1.807, 2.05) is 6.92 Å². The highest BCUT2D eigenvalue weighted by molar-refractivity contribution is 7.16. The molecule has 0 radical (unpaired) electrons. The summed E-state index contributed by atoms with van der Waals surface area (Å²) in [6.07, 6.45) is 1.79. The van der Waals surface area contributed by atoms with E-state index in [4.69, 9.17) is 5.73 Å². The van der Waals surface area contributed by atoms with Gasteiger partial charge in [-0.1, -0.05) is 6.92 Å². The Kier molecular flexibility index (Phi) is 2.29. The molecule has 1 rings (SSSR count). The topological polar surface area (TPSA) is 43.1 Å². The molecule has 0 saturated carbocycles. The van der Waals surface area contributed by atoms with E-state index in [2.05, 4.69) is 6.92 Å². The molecule has 3 heteroatoms. The van der Waals surface area contributed by atoms with E-state index in [0.717, 1.165) is 18.3 Å². The average molecular weight is 169 g/mol. The van der Waals surface area contributed by atoms with Crippen molar-refractivity contribution >= 4 is 22.6 Å². The van der Waals surface area contributed by atoms with Gasteiger partial charge >= 0.3 is 0 Å². The molecular weight excluding hydrogens is 158 g/mol. The van der Waals surface area contributed by atoms with E-state index in [-0.39, 0.29) is 0 Å². The van der Waals surface area contributed by atoms with Crippen LogP contribution in [0.4, 0.5) is 5.00 Å². The lowest BCUT2D eigenvalue weighted by Crippen LogP contribution is -1.88. The first-order chi connectivity index (χ1) is 5.20. The van der Waals surface area contributed by atoms with Gasteiger partial charge in [-0.3, -0.25) is 4.79 Å². The van der Waals surface area contributed by atoms with Crippen LogP contribution in [0.15, 0.2) is 0 Å². The molecule has 1 heterocycles. The quantitative estimate of drug-likeness (QED) is 0.688. The molecule has 0 aliphatic carbocycles. The average Bonchev–Trinajstić information content (AvgIpc) is 2.26. The van der Waals surface area contributed by atoms with E-state index < -0.39 is 0 Å². The SMILES string of the molecule is CCc1sc(N)c(C=O)c1C. The fraction of sp³-hybridized carbons (Fsp3) is 0.375. The second-order valence-electron chi connectivity index (χ2n) is 2.40. The van der Waals surface area contributed by atoms with Crippen molar-refractivity contribution < 1.29 is 4.79 Å². The van der Waals surface area contributed by atoms with Gasteiger partial charge in [0.25, 0.3) is 0 Å². The fourth-order valence-electron chi connectivity index (χ4n) is 1.08. The molecule has 0 saturated heterocycles. The lowest BCUT2D eigenvalue weighted by Gasteiger charge is -1.91. The minimum Gasteiger partial charge on any atom is -0.390 e. The van der Waals surface area contributed by atoms with Crippen molar-refractivity contribution in [2.75, 3.05) is 5.73 Å². The summed E-state index contributed by atoms with van der Waals surface area (Å²) in [6, 6.07) is 0. The Bertz CT molecular complexity index is 278. The molecule has 11 heavy (non-hydrogen) atoms. The third-order valence-corrected chi connectivity index (χ3v) is 3.04. The zero-order valence-corrected chi connectivity index (χ0v) is 7.49. The predicted molar refractivity (Wildman–Crippen MR) is 48.2 cm³/mol. The minimum absolute atomic E-state index is 0.648. The largest absolute Gasteiger partial charge is 0.390 e. The number of aryl methyl sites for hydroxylation is 1. The Morgan fingerprint density at radius 2 is 2.27 bits per heavy atom. The second kappa shape index (κ2) is 3.05. The van der Waals surface area contributed by atoms with Gasteiger partial charge in [0.15, 0.2) is 6.29 Å². The summed E-state index contributed by atoms with van der Waals surface area (Å²) >= 11 is 1.51. The zero-order chi connectivity index (χ0) is 8.43. The fourth-order valence-corrected chi connectivity index (χ4v) is 2.07. The van der Waals surface area contributed by atoms with Crippen molar-refractivity contribution in [3.05, 3.63) is 16.0 Å². The molecule has 0 atom stereocenters. The Hall–Kier alpha value is -0.830. The standard InChI is InChI=1S/C8H11NOS/c1-3-7-5(2)6(4-10)8(9)11-7/h4H,3,9H2,1-2H3. The van der Waals surface area contributed by atoms with Gasteiger partial charge in [-0.15, -0.1) is 11.3 Å². The number of thiophene rings is 1. The van der Waals surface area contributed by atoms with Crippen molar-refractivity contribution in [1.29, 1.82) is 0 Å². The Morgan fingerprint density at radius 1 is 1.64 bits per heavy atom. The lowest BCUT2D eigenvalue weighted by atomic mass is 10.1. The number of anilines is 1. The van der Waals surface area contributed by atoms with Crippen molar-refractivity contribution in [2.24, 2.45) is 0 Å². The first-order valence-corrected chi connectivity index (χ1v) is 4.35. The summed E-state index contributed by atoms with van der Waals surface area (Å²) < 4.78 is 0. The van der Waals surface area contributed by atoms with E-state index in [1.165, 1.54) is 16.2 Å². The van der Waals surface area contributed by atoms with Crippen molar-refractivity contribution in [3.63, 3.8) is 0 Å². The van der Waals surface area contributed by atoms with Gasteiger partial charge in [0.1, 0.15) is 0 Å².